The molecule has 0 radical (unpaired) electrons. The summed E-state index contributed by atoms with van der Waals surface area (Å²) in [6.45, 7) is 7.24. The molecule has 4 nitrogen and oxygen atoms in total. The minimum Gasteiger partial charge on any atom is -0.394 e. The van der Waals surface area contributed by atoms with Crippen molar-refractivity contribution in [3.63, 3.8) is 0 Å². The van der Waals surface area contributed by atoms with Crippen molar-refractivity contribution in [1.29, 1.82) is 0 Å². The van der Waals surface area contributed by atoms with Crippen molar-refractivity contribution in [1.82, 2.24) is 0 Å². The third kappa shape index (κ3) is 26.0. The molecule has 1 aliphatic carbocycles. The van der Waals surface area contributed by atoms with Crippen LogP contribution in [0.3, 0.4) is 0 Å². The van der Waals surface area contributed by atoms with E-state index in [2.05, 4.69) is 18.6 Å². The van der Waals surface area contributed by atoms with E-state index in [1.807, 2.05) is 0 Å². The normalized spacial score (nSPS) is 24.1. The largest absolute Gasteiger partial charge is 0.394 e. The predicted octanol–water partition coefficient (Wildman–Crippen LogP) is 9.92. The van der Waals surface area contributed by atoms with Gasteiger partial charge in [-0.2, -0.15) is 0 Å². The molecule has 0 unspecified atom stereocenters. The maximum atomic E-state index is 8.09. The highest BCUT2D eigenvalue weighted by atomic mass is 35.5. The zero-order valence-electron chi connectivity index (χ0n) is 25.0. The highest BCUT2D eigenvalue weighted by molar-refractivity contribution is 6.45. The fraction of sp³-hybridized carbons (Fsp3) is 1.00. The zero-order valence-corrected chi connectivity index (χ0v) is 29.5. The minimum atomic E-state index is -0.437. The van der Waals surface area contributed by atoms with Gasteiger partial charge in [0.05, 0.1) is 58.7 Å². The van der Waals surface area contributed by atoms with Gasteiger partial charge in [-0.3, -0.25) is 0 Å². The van der Waals surface area contributed by atoms with E-state index in [1.54, 1.807) is 0 Å². The first-order valence-electron chi connectivity index (χ1n) is 15.5. The van der Waals surface area contributed by atoms with Crippen molar-refractivity contribution in [2.75, 3.05) is 39.6 Å². The molecule has 10 heteroatoms. The van der Waals surface area contributed by atoms with Gasteiger partial charge in [-0.1, -0.05) is 104 Å². The summed E-state index contributed by atoms with van der Waals surface area (Å²) in [7, 11) is 0. The third-order valence-electron chi connectivity index (χ3n) is 6.58. The second-order valence-corrected chi connectivity index (χ2v) is 13.3. The summed E-state index contributed by atoms with van der Waals surface area (Å²) in [5, 5.41) is 13.6. The van der Waals surface area contributed by atoms with Gasteiger partial charge in [-0.25, -0.2) is 0 Å². The molecule has 1 aliphatic rings. The minimum absolute atomic E-state index is 0.0278. The fourth-order valence-electron chi connectivity index (χ4n) is 4.06. The SMILES string of the molecule is CCCCCCCCCCOCCCCCCCCCC.Cl[C@H]1[C@H](Cl)[C@@H](Cl)[C@@H](Cl)[C@H](Cl)[C@H]1Cl.OCCOCCO. The summed E-state index contributed by atoms with van der Waals surface area (Å²) in [4.78, 5) is 0. The summed E-state index contributed by atoms with van der Waals surface area (Å²) in [6, 6.07) is 0. The summed E-state index contributed by atoms with van der Waals surface area (Å²) in [6.07, 6.45) is 22.2. The molecule has 0 aromatic heterocycles. The molecular formula is C30H58Cl6O4. The van der Waals surface area contributed by atoms with Crippen LogP contribution < -0.4 is 0 Å². The fourth-order valence-corrected chi connectivity index (χ4v) is 6.39. The summed E-state index contributed by atoms with van der Waals surface area (Å²) >= 11 is 35.3. The Morgan fingerprint density at radius 1 is 0.375 bits per heavy atom. The van der Waals surface area contributed by atoms with E-state index in [0.29, 0.717) is 13.2 Å². The average Bonchev–Trinajstić information content (AvgIpc) is 2.96. The number of halogens is 6. The Morgan fingerprint density at radius 2 is 0.600 bits per heavy atom. The van der Waals surface area contributed by atoms with Gasteiger partial charge >= 0.3 is 0 Å². The number of aliphatic hydroxyl groups is 2. The van der Waals surface area contributed by atoms with Crippen molar-refractivity contribution < 1.29 is 19.7 Å². The first-order chi connectivity index (χ1) is 19.3. The van der Waals surface area contributed by atoms with E-state index in [4.69, 9.17) is 84.6 Å². The van der Waals surface area contributed by atoms with E-state index in [1.165, 1.54) is 103 Å². The molecular weight excluding hydrogens is 637 g/mol. The second-order valence-electron chi connectivity index (χ2n) is 10.3. The highest BCUT2D eigenvalue weighted by Gasteiger charge is 2.46. The molecule has 0 saturated heterocycles. The molecule has 0 spiro atoms. The Hall–Kier alpha value is 1.58. The van der Waals surface area contributed by atoms with Gasteiger partial charge in [0.15, 0.2) is 0 Å². The number of ether oxygens (including phenoxy) is 2. The van der Waals surface area contributed by atoms with Crippen molar-refractivity contribution in [2.45, 2.75) is 149 Å². The lowest BCUT2D eigenvalue weighted by Gasteiger charge is -2.37. The van der Waals surface area contributed by atoms with Gasteiger partial charge in [-0.15, -0.1) is 69.6 Å². The maximum Gasteiger partial charge on any atom is 0.0698 e. The van der Waals surface area contributed by atoms with Crippen LogP contribution in [0.25, 0.3) is 0 Å². The van der Waals surface area contributed by atoms with Crippen molar-refractivity contribution in [2.24, 2.45) is 0 Å². The Labute approximate surface area is 276 Å². The van der Waals surface area contributed by atoms with Crippen LogP contribution in [0.5, 0.6) is 0 Å². The predicted molar refractivity (Wildman–Crippen MR) is 179 cm³/mol. The zero-order chi connectivity index (χ0) is 30.4. The van der Waals surface area contributed by atoms with Crippen molar-refractivity contribution in [3.05, 3.63) is 0 Å². The molecule has 1 fully saturated rings. The Kier molecular flexibility index (Phi) is 36.6. The molecule has 0 aromatic rings. The molecule has 0 heterocycles. The van der Waals surface area contributed by atoms with Crippen LogP contribution >= 0.6 is 69.6 Å². The number of rotatable bonds is 22. The second kappa shape index (κ2) is 33.5. The molecule has 1 saturated carbocycles. The lowest BCUT2D eigenvalue weighted by molar-refractivity contribution is 0.0650. The third-order valence-corrected chi connectivity index (χ3v) is 10.6. The molecule has 0 bridgehead atoms. The topological polar surface area (TPSA) is 58.9 Å². The van der Waals surface area contributed by atoms with Gasteiger partial charge < -0.3 is 19.7 Å². The number of hydrogen-bond acceptors (Lipinski definition) is 4. The van der Waals surface area contributed by atoms with Gasteiger partial charge in [0.1, 0.15) is 0 Å². The van der Waals surface area contributed by atoms with Crippen molar-refractivity contribution >= 4 is 69.6 Å². The smallest absolute Gasteiger partial charge is 0.0698 e. The molecule has 40 heavy (non-hydrogen) atoms. The van der Waals surface area contributed by atoms with Crippen LogP contribution in [0, 0.1) is 0 Å². The van der Waals surface area contributed by atoms with Gasteiger partial charge in [0.2, 0.25) is 0 Å². The summed E-state index contributed by atoms with van der Waals surface area (Å²) in [5.74, 6) is 0. The van der Waals surface area contributed by atoms with Crippen molar-refractivity contribution in [3.8, 4) is 0 Å². The van der Waals surface area contributed by atoms with Crippen LogP contribution in [-0.2, 0) is 9.47 Å². The Bertz CT molecular complexity index is 415. The lowest BCUT2D eigenvalue weighted by atomic mass is 9.97. The van der Waals surface area contributed by atoms with E-state index in [9.17, 15) is 0 Å². The molecule has 0 aliphatic heterocycles. The van der Waals surface area contributed by atoms with Crippen LogP contribution in [0.4, 0.5) is 0 Å². The summed E-state index contributed by atoms with van der Waals surface area (Å²) in [5.41, 5.74) is 0. The van der Waals surface area contributed by atoms with E-state index in [0.717, 1.165) is 13.2 Å². The molecule has 1 rings (SSSR count). The van der Waals surface area contributed by atoms with Crippen LogP contribution in [0.2, 0.25) is 0 Å². The van der Waals surface area contributed by atoms with Gasteiger partial charge in [0, 0.05) is 13.2 Å². The monoisotopic (exact) mass is 692 g/mol. The quantitative estimate of drug-likeness (QED) is 0.0875. The number of hydrogen-bond donors (Lipinski definition) is 2. The first-order valence-corrected chi connectivity index (χ1v) is 18.1. The highest BCUT2D eigenvalue weighted by Crippen LogP contribution is 2.39. The lowest BCUT2D eigenvalue weighted by Crippen LogP contribution is -2.52. The molecule has 0 amide bonds. The van der Waals surface area contributed by atoms with Crippen LogP contribution in [-0.4, -0.2) is 82.1 Å². The van der Waals surface area contributed by atoms with E-state index < -0.39 is 32.3 Å². The molecule has 0 aromatic carbocycles. The summed E-state index contributed by atoms with van der Waals surface area (Å²) < 4.78 is 10.4. The van der Waals surface area contributed by atoms with Gasteiger partial charge in [-0.05, 0) is 12.8 Å². The van der Waals surface area contributed by atoms with Crippen LogP contribution in [0.1, 0.15) is 117 Å². The number of unbranched alkanes of at least 4 members (excludes halogenated alkanes) is 14. The number of alkyl halides is 6. The van der Waals surface area contributed by atoms with E-state index in [-0.39, 0.29) is 13.2 Å². The van der Waals surface area contributed by atoms with Gasteiger partial charge in [0.25, 0.3) is 0 Å². The molecule has 244 valence electrons. The van der Waals surface area contributed by atoms with Crippen LogP contribution in [0.15, 0.2) is 0 Å². The van der Waals surface area contributed by atoms with E-state index >= 15 is 0 Å². The Balaban J connectivity index is 0. The average molecular weight is 696 g/mol. The Morgan fingerprint density at radius 3 is 0.850 bits per heavy atom. The standard InChI is InChI=1S/C20H42O.C6H6Cl6.C4H10O3/c1-3-5-7-9-11-13-15-17-19-21-20-18-16-14-12-10-8-6-4-2;7-1-2(8)4(10)6(12)5(11)3(1)9;5-1-3-7-4-2-6/h3-20H2,1-2H3;1-6H;5-6H,1-4H2/t;1-,2-,3-,4+,5+,6+;. The molecule has 0 atom stereocenters. The maximum absolute atomic E-state index is 8.09. The first kappa shape index (κ1) is 43.7. The number of aliphatic hydroxyl groups excluding tert-OH is 2. The molecule has 2 N–H and O–H groups in total.